The predicted molar refractivity (Wildman–Crippen MR) is 82.0 cm³/mol. The van der Waals surface area contributed by atoms with Gasteiger partial charge in [-0.2, -0.15) is 5.10 Å². The third-order valence-electron chi connectivity index (χ3n) is 2.62. The van der Waals surface area contributed by atoms with Crippen LogP contribution in [0.3, 0.4) is 0 Å². The van der Waals surface area contributed by atoms with E-state index in [2.05, 4.69) is 15.8 Å². The largest absolute Gasteiger partial charge is 0.314 e. The topological polar surface area (TPSA) is 36.4 Å². The van der Waals surface area contributed by atoms with Crippen molar-refractivity contribution in [2.24, 2.45) is 5.10 Å². The number of para-hydroxylation sites is 1. The number of anilines is 1. The van der Waals surface area contributed by atoms with Crippen LogP contribution in [0.1, 0.15) is 5.56 Å². The molecular weight excluding hydrogens is 258 g/mol. The molecule has 0 radical (unpaired) electrons. The second-order valence-corrected chi connectivity index (χ2v) is 4.51. The van der Waals surface area contributed by atoms with Gasteiger partial charge >= 0.3 is 0 Å². The zero-order valence-corrected chi connectivity index (χ0v) is 11.5. The van der Waals surface area contributed by atoms with Crippen molar-refractivity contribution >= 4 is 23.0 Å². The van der Waals surface area contributed by atoms with Crippen molar-refractivity contribution in [2.75, 3.05) is 19.0 Å². The van der Waals surface area contributed by atoms with E-state index in [-0.39, 0.29) is 0 Å². The minimum Gasteiger partial charge on any atom is -0.314 e. The summed E-state index contributed by atoms with van der Waals surface area (Å²) in [6.45, 7) is 0.682. The van der Waals surface area contributed by atoms with E-state index in [0.717, 1.165) is 22.0 Å². The summed E-state index contributed by atoms with van der Waals surface area (Å²) in [7, 11) is 1.90. The molecule has 0 heterocycles. The maximum Gasteiger partial charge on any atom is 0.0817 e. The van der Waals surface area contributed by atoms with Crippen molar-refractivity contribution < 1.29 is 0 Å². The lowest BCUT2D eigenvalue weighted by Gasteiger charge is -2.07. The fourth-order valence-electron chi connectivity index (χ4n) is 1.66. The zero-order chi connectivity index (χ0) is 13.5. The average molecular weight is 274 g/mol. The van der Waals surface area contributed by atoms with E-state index in [1.807, 2.05) is 61.6 Å². The molecular formula is C15H16ClN3. The summed E-state index contributed by atoms with van der Waals surface area (Å²) >= 11 is 5.90. The van der Waals surface area contributed by atoms with Crippen molar-refractivity contribution in [3.63, 3.8) is 0 Å². The van der Waals surface area contributed by atoms with Gasteiger partial charge in [-0.05, 0) is 36.9 Å². The molecule has 3 nitrogen and oxygen atoms in total. The monoisotopic (exact) mass is 273 g/mol. The normalized spacial score (nSPS) is 11.4. The lowest BCUT2D eigenvalue weighted by Crippen LogP contribution is -2.20. The van der Waals surface area contributed by atoms with Gasteiger partial charge in [-0.25, -0.2) is 0 Å². The predicted octanol–water partition coefficient (Wildman–Crippen LogP) is 3.38. The molecule has 0 aliphatic carbocycles. The first-order valence-electron chi connectivity index (χ1n) is 6.08. The molecule has 2 rings (SSSR count). The van der Waals surface area contributed by atoms with Crippen LogP contribution >= 0.6 is 11.6 Å². The fourth-order valence-corrected chi connectivity index (χ4v) is 1.79. The Hall–Kier alpha value is -1.84. The first-order valence-corrected chi connectivity index (χ1v) is 6.45. The van der Waals surface area contributed by atoms with E-state index in [4.69, 9.17) is 11.6 Å². The molecule has 0 saturated heterocycles. The van der Waals surface area contributed by atoms with Crippen molar-refractivity contribution in [3.05, 3.63) is 65.2 Å². The highest BCUT2D eigenvalue weighted by Gasteiger charge is 2.02. The third-order valence-corrected chi connectivity index (χ3v) is 2.87. The van der Waals surface area contributed by atoms with Crippen LogP contribution in [0, 0.1) is 0 Å². The van der Waals surface area contributed by atoms with Gasteiger partial charge in [-0.15, -0.1) is 0 Å². The van der Waals surface area contributed by atoms with Crippen LogP contribution in [-0.2, 0) is 0 Å². The van der Waals surface area contributed by atoms with E-state index < -0.39 is 0 Å². The summed E-state index contributed by atoms with van der Waals surface area (Å²) in [5.41, 5.74) is 6.00. The second-order valence-electron chi connectivity index (χ2n) is 4.07. The van der Waals surface area contributed by atoms with E-state index >= 15 is 0 Å². The molecule has 0 fully saturated rings. The minimum atomic E-state index is 0.682. The number of rotatable bonds is 5. The number of likely N-dealkylation sites (N-methyl/N-ethyl adjacent to an activating group) is 1. The number of halogens is 1. The highest BCUT2D eigenvalue weighted by molar-refractivity contribution is 6.30. The van der Waals surface area contributed by atoms with Crippen molar-refractivity contribution in [1.29, 1.82) is 0 Å². The zero-order valence-electron chi connectivity index (χ0n) is 10.7. The summed E-state index contributed by atoms with van der Waals surface area (Å²) in [5.74, 6) is 0. The Morgan fingerprint density at radius 3 is 2.37 bits per heavy atom. The molecule has 0 unspecified atom stereocenters. The van der Waals surface area contributed by atoms with Gasteiger partial charge in [0.2, 0.25) is 0 Å². The van der Waals surface area contributed by atoms with Gasteiger partial charge in [-0.1, -0.05) is 41.9 Å². The van der Waals surface area contributed by atoms with Crippen LogP contribution in [0.4, 0.5) is 5.69 Å². The number of hydrogen-bond acceptors (Lipinski definition) is 3. The molecule has 2 aromatic carbocycles. The van der Waals surface area contributed by atoms with E-state index in [1.165, 1.54) is 0 Å². The highest BCUT2D eigenvalue weighted by atomic mass is 35.5. The summed E-state index contributed by atoms with van der Waals surface area (Å²) in [6, 6.07) is 17.5. The van der Waals surface area contributed by atoms with E-state index in [0.29, 0.717) is 6.54 Å². The first kappa shape index (κ1) is 13.6. The van der Waals surface area contributed by atoms with Crippen LogP contribution in [0.25, 0.3) is 0 Å². The van der Waals surface area contributed by atoms with Gasteiger partial charge in [0.25, 0.3) is 0 Å². The smallest absolute Gasteiger partial charge is 0.0817 e. The molecule has 0 bridgehead atoms. The fraction of sp³-hybridized carbons (Fsp3) is 0.133. The first-order chi connectivity index (χ1) is 9.29. The van der Waals surface area contributed by atoms with Gasteiger partial charge in [0.05, 0.1) is 11.4 Å². The molecule has 2 N–H and O–H groups in total. The summed E-state index contributed by atoms with van der Waals surface area (Å²) in [6.07, 6.45) is 0. The van der Waals surface area contributed by atoms with Gasteiger partial charge in [0.1, 0.15) is 0 Å². The van der Waals surface area contributed by atoms with E-state index in [1.54, 1.807) is 0 Å². The molecule has 0 aromatic heterocycles. The molecule has 2 aromatic rings. The van der Waals surface area contributed by atoms with Crippen LogP contribution in [-0.4, -0.2) is 19.3 Å². The number of benzene rings is 2. The minimum absolute atomic E-state index is 0.682. The molecule has 4 heteroatoms. The Kier molecular flexibility index (Phi) is 4.95. The summed E-state index contributed by atoms with van der Waals surface area (Å²) in [5, 5.41) is 8.28. The van der Waals surface area contributed by atoms with Gasteiger partial charge < -0.3 is 5.32 Å². The molecule has 0 spiro atoms. The Balaban J connectivity index is 2.17. The summed E-state index contributed by atoms with van der Waals surface area (Å²) in [4.78, 5) is 0. The van der Waals surface area contributed by atoms with Gasteiger partial charge in [-0.3, -0.25) is 5.43 Å². The highest BCUT2D eigenvalue weighted by Crippen LogP contribution is 2.11. The summed E-state index contributed by atoms with van der Waals surface area (Å²) < 4.78 is 0. The van der Waals surface area contributed by atoms with Crippen LogP contribution < -0.4 is 10.7 Å². The van der Waals surface area contributed by atoms with E-state index in [9.17, 15) is 0 Å². The lowest BCUT2D eigenvalue weighted by molar-refractivity contribution is 0.943. The Morgan fingerprint density at radius 1 is 1.05 bits per heavy atom. The van der Waals surface area contributed by atoms with Crippen molar-refractivity contribution in [2.45, 2.75) is 0 Å². The third kappa shape index (κ3) is 4.09. The molecule has 19 heavy (non-hydrogen) atoms. The number of hydrogen-bond donors (Lipinski definition) is 2. The molecule has 98 valence electrons. The Morgan fingerprint density at radius 2 is 1.74 bits per heavy atom. The maximum atomic E-state index is 5.90. The van der Waals surface area contributed by atoms with Gasteiger partial charge in [0, 0.05) is 11.6 Å². The average Bonchev–Trinajstić information content (AvgIpc) is 2.46. The maximum absolute atomic E-state index is 5.90. The molecule has 0 saturated carbocycles. The number of hydrazone groups is 1. The quantitative estimate of drug-likeness (QED) is 0.647. The van der Waals surface area contributed by atoms with Crippen LogP contribution in [0.15, 0.2) is 59.7 Å². The lowest BCUT2D eigenvalue weighted by atomic mass is 10.1. The van der Waals surface area contributed by atoms with Crippen molar-refractivity contribution in [3.8, 4) is 0 Å². The number of nitrogens with zero attached hydrogens (tertiary/aromatic N) is 1. The van der Waals surface area contributed by atoms with Crippen molar-refractivity contribution in [1.82, 2.24) is 5.32 Å². The Bertz CT molecular complexity index is 535. The van der Waals surface area contributed by atoms with Crippen LogP contribution in [0.2, 0.25) is 5.02 Å². The standard InChI is InChI=1S/C15H16ClN3/c1-17-11-15(12-7-9-13(16)10-8-12)19-18-14-5-3-2-4-6-14/h2-10,17-18H,11H2,1H3. The SMILES string of the molecule is CNCC(=NNc1ccccc1)c1ccc(Cl)cc1. The van der Waals surface area contributed by atoms with Crippen LogP contribution in [0.5, 0.6) is 0 Å². The molecule has 0 amide bonds. The van der Waals surface area contributed by atoms with Gasteiger partial charge in [0.15, 0.2) is 0 Å². The molecule has 0 aliphatic rings. The Labute approximate surface area is 118 Å². The second kappa shape index (κ2) is 6.92. The molecule has 0 atom stereocenters. The molecule has 0 aliphatic heterocycles. The number of nitrogens with one attached hydrogen (secondary N) is 2.